The zero-order chi connectivity index (χ0) is 17.8. The standard InChI is InChI=1S/C19H22FN3O2/c1-22-9-11-23(12-10-22)16-6-4-15(5-7-16)21-19(24)14-3-8-18(25-2)17(20)13-14/h3-8,13H,9-12H2,1-2H3,(H,21,24). The minimum Gasteiger partial charge on any atom is -0.494 e. The van der Waals surface area contributed by atoms with E-state index in [2.05, 4.69) is 22.2 Å². The Bertz CT molecular complexity index is 741. The van der Waals surface area contributed by atoms with Gasteiger partial charge in [0.15, 0.2) is 11.6 Å². The predicted molar refractivity (Wildman–Crippen MR) is 97.1 cm³/mol. The number of hydrogen-bond donors (Lipinski definition) is 1. The number of methoxy groups -OCH3 is 1. The van der Waals surface area contributed by atoms with Gasteiger partial charge in [-0.25, -0.2) is 4.39 Å². The lowest BCUT2D eigenvalue weighted by molar-refractivity contribution is 0.102. The van der Waals surface area contributed by atoms with Crippen LogP contribution < -0.4 is 15.0 Å². The third-order valence-corrected chi connectivity index (χ3v) is 4.41. The van der Waals surface area contributed by atoms with E-state index in [9.17, 15) is 9.18 Å². The number of rotatable bonds is 4. The van der Waals surface area contributed by atoms with Crippen LogP contribution in [0.3, 0.4) is 0 Å². The zero-order valence-electron chi connectivity index (χ0n) is 14.5. The monoisotopic (exact) mass is 343 g/mol. The second-order valence-corrected chi connectivity index (χ2v) is 6.14. The molecule has 0 saturated carbocycles. The molecule has 3 rings (SSSR count). The number of piperazine rings is 1. The third-order valence-electron chi connectivity index (χ3n) is 4.41. The number of amides is 1. The van der Waals surface area contributed by atoms with Crippen molar-refractivity contribution < 1.29 is 13.9 Å². The molecule has 6 heteroatoms. The maximum atomic E-state index is 13.7. The number of carbonyl (C=O) groups excluding carboxylic acids is 1. The van der Waals surface area contributed by atoms with Crippen LogP contribution in [0.5, 0.6) is 5.75 Å². The molecule has 1 N–H and O–H groups in total. The van der Waals surface area contributed by atoms with Crippen LogP contribution in [-0.4, -0.2) is 51.1 Å². The lowest BCUT2D eigenvalue weighted by atomic mass is 10.2. The van der Waals surface area contributed by atoms with Gasteiger partial charge in [0.25, 0.3) is 5.91 Å². The second-order valence-electron chi connectivity index (χ2n) is 6.14. The van der Waals surface area contributed by atoms with Crippen molar-refractivity contribution >= 4 is 17.3 Å². The minimum absolute atomic E-state index is 0.119. The molecule has 25 heavy (non-hydrogen) atoms. The molecule has 2 aromatic rings. The Morgan fingerprint density at radius 2 is 1.76 bits per heavy atom. The molecule has 1 aliphatic heterocycles. The first-order valence-electron chi connectivity index (χ1n) is 8.25. The van der Waals surface area contributed by atoms with E-state index in [1.807, 2.05) is 24.3 Å². The van der Waals surface area contributed by atoms with Crippen LogP contribution in [-0.2, 0) is 0 Å². The van der Waals surface area contributed by atoms with E-state index in [1.54, 1.807) is 0 Å². The molecular formula is C19H22FN3O2. The van der Waals surface area contributed by atoms with Crippen molar-refractivity contribution in [3.05, 3.63) is 53.8 Å². The summed E-state index contributed by atoms with van der Waals surface area (Å²) in [7, 11) is 3.51. The molecule has 0 bridgehead atoms. The van der Waals surface area contributed by atoms with E-state index in [0.717, 1.165) is 31.9 Å². The van der Waals surface area contributed by atoms with Crippen molar-refractivity contribution in [2.45, 2.75) is 0 Å². The number of nitrogens with zero attached hydrogens (tertiary/aromatic N) is 2. The van der Waals surface area contributed by atoms with Crippen LogP contribution in [0.4, 0.5) is 15.8 Å². The smallest absolute Gasteiger partial charge is 0.255 e. The van der Waals surface area contributed by atoms with Gasteiger partial charge in [0, 0.05) is 43.1 Å². The summed E-state index contributed by atoms with van der Waals surface area (Å²) < 4.78 is 18.6. The molecule has 1 fully saturated rings. The minimum atomic E-state index is -0.555. The first-order valence-corrected chi connectivity index (χ1v) is 8.25. The summed E-state index contributed by atoms with van der Waals surface area (Å²) in [6.07, 6.45) is 0. The van der Waals surface area contributed by atoms with Gasteiger partial charge in [0.05, 0.1) is 7.11 Å². The zero-order valence-corrected chi connectivity index (χ0v) is 14.5. The fraction of sp³-hybridized carbons (Fsp3) is 0.316. The maximum Gasteiger partial charge on any atom is 0.255 e. The van der Waals surface area contributed by atoms with Gasteiger partial charge in [0.2, 0.25) is 0 Å². The highest BCUT2D eigenvalue weighted by Crippen LogP contribution is 2.21. The number of anilines is 2. The summed E-state index contributed by atoms with van der Waals surface area (Å²) >= 11 is 0. The molecule has 1 amide bonds. The van der Waals surface area contributed by atoms with E-state index in [4.69, 9.17) is 4.74 Å². The Labute approximate surface area is 147 Å². The molecule has 5 nitrogen and oxygen atoms in total. The van der Waals surface area contributed by atoms with Gasteiger partial charge < -0.3 is 19.9 Å². The summed E-state index contributed by atoms with van der Waals surface area (Å²) in [6, 6.07) is 11.9. The Morgan fingerprint density at radius 1 is 1.08 bits per heavy atom. The topological polar surface area (TPSA) is 44.8 Å². The lowest BCUT2D eigenvalue weighted by Crippen LogP contribution is -2.44. The number of nitrogens with one attached hydrogen (secondary N) is 1. The molecule has 0 aromatic heterocycles. The summed E-state index contributed by atoms with van der Waals surface area (Å²) in [5.41, 5.74) is 2.07. The molecule has 132 valence electrons. The van der Waals surface area contributed by atoms with Crippen molar-refractivity contribution in [2.24, 2.45) is 0 Å². The van der Waals surface area contributed by atoms with E-state index in [-0.39, 0.29) is 17.2 Å². The van der Waals surface area contributed by atoms with Gasteiger partial charge in [-0.2, -0.15) is 0 Å². The van der Waals surface area contributed by atoms with Gasteiger partial charge >= 0.3 is 0 Å². The van der Waals surface area contributed by atoms with Crippen molar-refractivity contribution in [2.75, 3.05) is 50.6 Å². The van der Waals surface area contributed by atoms with Crippen LogP contribution in [0.1, 0.15) is 10.4 Å². The highest BCUT2D eigenvalue weighted by Gasteiger charge is 2.14. The first kappa shape index (κ1) is 17.2. The molecule has 1 heterocycles. The largest absolute Gasteiger partial charge is 0.494 e. The van der Waals surface area contributed by atoms with Gasteiger partial charge in [0.1, 0.15) is 0 Å². The second kappa shape index (κ2) is 7.53. The van der Waals surface area contributed by atoms with Crippen molar-refractivity contribution in [3.63, 3.8) is 0 Å². The maximum absolute atomic E-state index is 13.7. The number of carbonyl (C=O) groups is 1. The van der Waals surface area contributed by atoms with Gasteiger partial charge in [-0.05, 0) is 49.5 Å². The summed E-state index contributed by atoms with van der Waals surface area (Å²) in [4.78, 5) is 16.9. The Balaban J connectivity index is 1.65. The summed E-state index contributed by atoms with van der Waals surface area (Å²) in [5.74, 6) is -0.789. The van der Waals surface area contributed by atoms with Crippen molar-refractivity contribution in [3.8, 4) is 5.75 Å². The first-order chi connectivity index (χ1) is 12.1. The van der Waals surface area contributed by atoms with E-state index < -0.39 is 5.82 Å². The summed E-state index contributed by atoms with van der Waals surface area (Å²) in [6.45, 7) is 4.07. The van der Waals surface area contributed by atoms with Crippen LogP contribution in [0.2, 0.25) is 0 Å². The van der Waals surface area contributed by atoms with Crippen LogP contribution in [0.25, 0.3) is 0 Å². The quantitative estimate of drug-likeness (QED) is 0.927. The third kappa shape index (κ3) is 4.09. The SMILES string of the molecule is COc1ccc(C(=O)Nc2ccc(N3CCN(C)CC3)cc2)cc1F. The fourth-order valence-corrected chi connectivity index (χ4v) is 2.83. The van der Waals surface area contributed by atoms with Crippen molar-refractivity contribution in [1.82, 2.24) is 4.90 Å². The summed E-state index contributed by atoms with van der Waals surface area (Å²) in [5, 5.41) is 2.79. The molecule has 0 atom stereocenters. The van der Waals surface area contributed by atoms with Crippen molar-refractivity contribution in [1.29, 1.82) is 0 Å². The van der Waals surface area contributed by atoms with Gasteiger partial charge in [-0.15, -0.1) is 0 Å². The fourth-order valence-electron chi connectivity index (χ4n) is 2.83. The highest BCUT2D eigenvalue weighted by atomic mass is 19.1. The van der Waals surface area contributed by atoms with Crippen LogP contribution in [0.15, 0.2) is 42.5 Å². The molecule has 0 spiro atoms. The molecular weight excluding hydrogens is 321 g/mol. The average molecular weight is 343 g/mol. The van der Waals surface area contributed by atoms with Crippen LogP contribution >= 0.6 is 0 Å². The molecule has 0 radical (unpaired) electrons. The number of likely N-dealkylation sites (N-methyl/N-ethyl adjacent to an activating group) is 1. The molecule has 0 aliphatic carbocycles. The lowest BCUT2D eigenvalue weighted by Gasteiger charge is -2.34. The van der Waals surface area contributed by atoms with Gasteiger partial charge in [-0.3, -0.25) is 4.79 Å². The van der Waals surface area contributed by atoms with E-state index in [1.165, 1.54) is 25.3 Å². The Morgan fingerprint density at radius 3 is 2.36 bits per heavy atom. The number of benzene rings is 2. The Kier molecular flexibility index (Phi) is 5.19. The number of halogens is 1. The highest BCUT2D eigenvalue weighted by molar-refractivity contribution is 6.04. The normalized spacial score (nSPS) is 15.1. The van der Waals surface area contributed by atoms with E-state index in [0.29, 0.717) is 5.69 Å². The molecule has 2 aromatic carbocycles. The van der Waals surface area contributed by atoms with E-state index >= 15 is 0 Å². The molecule has 1 saturated heterocycles. The molecule has 0 unspecified atom stereocenters. The average Bonchev–Trinajstić information content (AvgIpc) is 2.63. The Hall–Kier alpha value is -2.60. The molecule has 1 aliphatic rings. The predicted octanol–water partition coefficient (Wildman–Crippen LogP) is 2.84. The van der Waals surface area contributed by atoms with Gasteiger partial charge in [-0.1, -0.05) is 0 Å². The van der Waals surface area contributed by atoms with Crippen LogP contribution in [0, 0.1) is 5.82 Å². The number of hydrogen-bond acceptors (Lipinski definition) is 4. The number of ether oxygens (including phenoxy) is 1.